The summed E-state index contributed by atoms with van der Waals surface area (Å²) in [5.41, 5.74) is -0.0648. The van der Waals surface area contributed by atoms with Crippen LogP contribution in [-0.2, 0) is 14.3 Å². The molecule has 0 aromatic rings. The van der Waals surface area contributed by atoms with Gasteiger partial charge >= 0.3 is 0 Å². The SMILES string of the molecule is CC(C)N(CC1OC(C)C(C)(C)C(C)O1)C(=O)C(Cl)Cl. The molecule has 2 atom stereocenters. The normalized spacial score (nSPS) is 29.8. The molecule has 1 fully saturated rings. The Morgan fingerprint density at radius 2 is 1.65 bits per heavy atom. The fourth-order valence-corrected chi connectivity index (χ4v) is 2.35. The van der Waals surface area contributed by atoms with Crippen LogP contribution in [0, 0.1) is 5.41 Å². The van der Waals surface area contributed by atoms with Crippen molar-refractivity contribution in [2.75, 3.05) is 6.54 Å². The van der Waals surface area contributed by atoms with E-state index in [-0.39, 0.29) is 29.6 Å². The summed E-state index contributed by atoms with van der Waals surface area (Å²) in [7, 11) is 0. The van der Waals surface area contributed by atoms with Crippen molar-refractivity contribution in [1.29, 1.82) is 0 Å². The molecule has 20 heavy (non-hydrogen) atoms. The maximum atomic E-state index is 12.0. The summed E-state index contributed by atoms with van der Waals surface area (Å²) in [6, 6.07) is -0.0183. The molecule has 1 aliphatic heterocycles. The monoisotopic (exact) mass is 325 g/mol. The quantitative estimate of drug-likeness (QED) is 0.745. The highest BCUT2D eigenvalue weighted by molar-refractivity contribution is 6.53. The first-order valence-electron chi connectivity index (χ1n) is 6.97. The van der Waals surface area contributed by atoms with Crippen molar-refractivity contribution in [2.24, 2.45) is 5.41 Å². The first kappa shape index (κ1) is 18.0. The molecule has 0 radical (unpaired) electrons. The average Bonchev–Trinajstić information content (AvgIpc) is 2.32. The van der Waals surface area contributed by atoms with Crippen LogP contribution >= 0.6 is 23.2 Å². The fourth-order valence-electron chi connectivity index (χ4n) is 2.10. The lowest BCUT2D eigenvalue weighted by molar-refractivity contribution is -0.287. The predicted molar refractivity (Wildman–Crippen MR) is 81.0 cm³/mol. The van der Waals surface area contributed by atoms with Crippen molar-refractivity contribution in [3.63, 3.8) is 0 Å². The van der Waals surface area contributed by atoms with Gasteiger partial charge in [0.25, 0.3) is 5.91 Å². The van der Waals surface area contributed by atoms with Crippen molar-refractivity contribution in [3.05, 3.63) is 0 Å². The van der Waals surface area contributed by atoms with E-state index >= 15 is 0 Å². The number of hydrogen-bond donors (Lipinski definition) is 0. The van der Waals surface area contributed by atoms with E-state index in [1.807, 2.05) is 27.7 Å². The van der Waals surface area contributed by atoms with Gasteiger partial charge in [0.1, 0.15) is 0 Å². The van der Waals surface area contributed by atoms with Gasteiger partial charge in [-0.05, 0) is 27.7 Å². The summed E-state index contributed by atoms with van der Waals surface area (Å²) >= 11 is 11.4. The summed E-state index contributed by atoms with van der Waals surface area (Å²) in [6.45, 7) is 12.4. The number of amides is 1. The van der Waals surface area contributed by atoms with Crippen LogP contribution in [0.25, 0.3) is 0 Å². The van der Waals surface area contributed by atoms with Crippen LogP contribution in [0.1, 0.15) is 41.5 Å². The number of ether oxygens (including phenoxy) is 2. The van der Waals surface area contributed by atoms with Crippen LogP contribution in [0.15, 0.2) is 0 Å². The summed E-state index contributed by atoms with van der Waals surface area (Å²) in [5.74, 6) is -0.319. The van der Waals surface area contributed by atoms with E-state index in [9.17, 15) is 4.79 Å². The van der Waals surface area contributed by atoms with E-state index in [0.717, 1.165) is 0 Å². The molecule has 1 saturated heterocycles. The molecule has 6 heteroatoms. The predicted octanol–water partition coefficient (Wildman–Crippen LogP) is 3.20. The molecular weight excluding hydrogens is 301 g/mol. The second-order valence-electron chi connectivity index (χ2n) is 6.19. The molecule has 0 N–H and O–H groups in total. The summed E-state index contributed by atoms with van der Waals surface area (Å²) in [6.07, 6.45) is -0.363. The van der Waals surface area contributed by atoms with Gasteiger partial charge in [0.2, 0.25) is 0 Å². The van der Waals surface area contributed by atoms with Crippen LogP contribution in [0.3, 0.4) is 0 Å². The van der Waals surface area contributed by atoms with E-state index in [4.69, 9.17) is 32.7 Å². The van der Waals surface area contributed by atoms with E-state index in [2.05, 4.69) is 13.8 Å². The van der Waals surface area contributed by atoms with Gasteiger partial charge < -0.3 is 14.4 Å². The highest BCUT2D eigenvalue weighted by atomic mass is 35.5. The largest absolute Gasteiger partial charge is 0.347 e. The molecule has 0 spiro atoms. The molecule has 2 unspecified atom stereocenters. The molecule has 1 amide bonds. The highest BCUT2D eigenvalue weighted by Crippen LogP contribution is 2.35. The maximum absolute atomic E-state index is 12.0. The number of alkyl halides is 2. The number of carbonyl (C=O) groups excluding carboxylic acids is 1. The van der Waals surface area contributed by atoms with Gasteiger partial charge in [0.05, 0.1) is 18.8 Å². The molecule has 0 aliphatic carbocycles. The van der Waals surface area contributed by atoms with Crippen LogP contribution in [-0.4, -0.2) is 46.7 Å². The molecule has 1 aliphatic rings. The second kappa shape index (κ2) is 6.82. The molecule has 4 nitrogen and oxygen atoms in total. The van der Waals surface area contributed by atoms with Crippen molar-refractivity contribution < 1.29 is 14.3 Å². The Hall–Kier alpha value is -0.0300. The van der Waals surface area contributed by atoms with Crippen LogP contribution in [0.4, 0.5) is 0 Å². The smallest absolute Gasteiger partial charge is 0.256 e. The third-order valence-corrected chi connectivity index (χ3v) is 4.62. The Kier molecular flexibility index (Phi) is 6.14. The van der Waals surface area contributed by atoms with Gasteiger partial charge in [-0.15, -0.1) is 0 Å². The Bertz CT molecular complexity index is 333. The van der Waals surface area contributed by atoms with Gasteiger partial charge in [0, 0.05) is 11.5 Å². The Labute approximate surface area is 131 Å². The summed E-state index contributed by atoms with van der Waals surface area (Å²) in [4.78, 5) is 12.5. The first-order valence-corrected chi connectivity index (χ1v) is 7.84. The van der Waals surface area contributed by atoms with Gasteiger partial charge in [-0.1, -0.05) is 37.0 Å². The lowest BCUT2D eigenvalue weighted by Gasteiger charge is -2.46. The second-order valence-corrected chi connectivity index (χ2v) is 7.29. The fraction of sp³-hybridized carbons (Fsp3) is 0.929. The molecule has 118 valence electrons. The van der Waals surface area contributed by atoms with Crippen molar-refractivity contribution in [3.8, 4) is 0 Å². The van der Waals surface area contributed by atoms with Crippen molar-refractivity contribution in [2.45, 2.75) is 70.9 Å². The minimum atomic E-state index is -1.06. The Morgan fingerprint density at radius 3 is 2.00 bits per heavy atom. The van der Waals surface area contributed by atoms with E-state index in [1.54, 1.807) is 4.90 Å². The number of rotatable bonds is 4. The molecule has 1 heterocycles. The Balaban J connectivity index is 2.74. The van der Waals surface area contributed by atoms with Gasteiger partial charge in [-0.3, -0.25) is 4.79 Å². The third-order valence-electron chi connectivity index (χ3n) is 4.25. The van der Waals surface area contributed by atoms with E-state index in [1.165, 1.54) is 0 Å². The van der Waals surface area contributed by atoms with Crippen LogP contribution in [0.5, 0.6) is 0 Å². The minimum Gasteiger partial charge on any atom is -0.347 e. The lowest BCUT2D eigenvalue weighted by atomic mass is 9.81. The molecular formula is C14H25Cl2NO3. The molecule has 0 saturated carbocycles. The van der Waals surface area contributed by atoms with E-state index < -0.39 is 11.1 Å². The number of nitrogens with zero attached hydrogens (tertiary/aromatic N) is 1. The third kappa shape index (κ3) is 4.00. The number of hydrogen-bond acceptors (Lipinski definition) is 3. The van der Waals surface area contributed by atoms with Crippen LogP contribution < -0.4 is 0 Å². The molecule has 1 rings (SSSR count). The van der Waals surface area contributed by atoms with Gasteiger partial charge in [0.15, 0.2) is 11.1 Å². The maximum Gasteiger partial charge on any atom is 0.256 e. The lowest BCUT2D eigenvalue weighted by Crippen LogP contribution is -2.54. The average molecular weight is 326 g/mol. The van der Waals surface area contributed by atoms with Crippen molar-refractivity contribution >= 4 is 29.1 Å². The topological polar surface area (TPSA) is 38.8 Å². The van der Waals surface area contributed by atoms with Crippen molar-refractivity contribution in [1.82, 2.24) is 4.90 Å². The van der Waals surface area contributed by atoms with Crippen LogP contribution in [0.2, 0.25) is 0 Å². The molecule has 0 aromatic carbocycles. The number of carbonyl (C=O) groups is 1. The standard InChI is InChI=1S/C14H25Cl2NO3/c1-8(2)17(13(18)12(15)16)7-11-19-9(3)14(5,6)10(4)20-11/h8-12H,7H2,1-6H3. The zero-order chi connectivity index (χ0) is 15.7. The molecule has 0 bridgehead atoms. The summed E-state index contributed by atoms with van der Waals surface area (Å²) < 4.78 is 11.8. The first-order chi connectivity index (χ1) is 9.07. The summed E-state index contributed by atoms with van der Waals surface area (Å²) in [5, 5.41) is 0. The Morgan fingerprint density at radius 1 is 1.20 bits per heavy atom. The zero-order valence-corrected chi connectivity index (χ0v) is 14.5. The molecule has 0 aromatic heterocycles. The highest BCUT2D eigenvalue weighted by Gasteiger charge is 2.42. The van der Waals surface area contributed by atoms with Gasteiger partial charge in [-0.25, -0.2) is 0 Å². The number of halogens is 2. The van der Waals surface area contributed by atoms with E-state index in [0.29, 0.717) is 6.54 Å². The van der Waals surface area contributed by atoms with Gasteiger partial charge in [-0.2, -0.15) is 0 Å². The minimum absolute atomic E-state index is 0.0183. The zero-order valence-electron chi connectivity index (χ0n) is 13.0.